The first-order chi connectivity index (χ1) is 10.0. The van der Waals surface area contributed by atoms with Crippen LogP contribution in [0.1, 0.15) is 12.0 Å². The topological polar surface area (TPSA) is 67.8 Å². The lowest BCUT2D eigenvalue weighted by atomic mass is 10.1. The van der Waals surface area contributed by atoms with Gasteiger partial charge in [-0.2, -0.15) is 8.78 Å². The molecule has 5 nitrogen and oxygen atoms in total. The molecule has 1 atom stereocenters. The number of methoxy groups -OCH3 is 1. The van der Waals surface area contributed by atoms with Gasteiger partial charge in [-0.1, -0.05) is 12.1 Å². The second-order valence-electron chi connectivity index (χ2n) is 4.43. The number of alkyl halides is 2. The Bertz CT molecular complexity index is 419. The van der Waals surface area contributed by atoms with E-state index in [1.165, 1.54) is 19.2 Å². The summed E-state index contributed by atoms with van der Waals surface area (Å²) in [5, 5.41) is 11.6. The van der Waals surface area contributed by atoms with E-state index >= 15 is 0 Å². The predicted octanol–water partition coefficient (Wildman–Crippen LogP) is 1.34. The van der Waals surface area contributed by atoms with Crippen LogP contribution in [0.4, 0.5) is 8.78 Å². The molecule has 118 valence electrons. The molecule has 0 spiro atoms. The van der Waals surface area contributed by atoms with Crippen molar-refractivity contribution < 1.29 is 28.2 Å². The van der Waals surface area contributed by atoms with E-state index in [-0.39, 0.29) is 30.7 Å². The third-order valence-electron chi connectivity index (χ3n) is 2.72. The van der Waals surface area contributed by atoms with E-state index in [1.54, 1.807) is 12.1 Å². The number of halogens is 2. The van der Waals surface area contributed by atoms with Gasteiger partial charge < -0.3 is 19.9 Å². The van der Waals surface area contributed by atoms with Gasteiger partial charge in [0.25, 0.3) is 0 Å². The summed E-state index contributed by atoms with van der Waals surface area (Å²) in [6.45, 7) is -2.60. The molecule has 2 N–H and O–H groups in total. The largest absolute Gasteiger partial charge is 0.435 e. The molecule has 21 heavy (non-hydrogen) atoms. The molecule has 0 fully saturated rings. The minimum absolute atomic E-state index is 0.0476. The Labute approximate surface area is 121 Å². The Morgan fingerprint density at radius 2 is 2.00 bits per heavy atom. The summed E-state index contributed by atoms with van der Waals surface area (Å²) in [5.74, 6) is -0.181. The Morgan fingerprint density at radius 1 is 1.33 bits per heavy atom. The van der Waals surface area contributed by atoms with Crippen molar-refractivity contribution in [2.24, 2.45) is 0 Å². The normalized spacial score (nSPS) is 12.2. The molecule has 1 aromatic carbocycles. The minimum Gasteiger partial charge on any atom is -0.435 e. The van der Waals surface area contributed by atoms with E-state index in [0.29, 0.717) is 18.6 Å². The molecule has 0 aromatic heterocycles. The zero-order chi connectivity index (χ0) is 15.7. The van der Waals surface area contributed by atoms with Gasteiger partial charge in [0.1, 0.15) is 5.75 Å². The number of aliphatic hydroxyl groups excluding tert-OH is 1. The lowest BCUT2D eigenvalue weighted by molar-refractivity contribution is -0.121. The number of carbonyl (C=O) groups is 1. The third-order valence-corrected chi connectivity index (χ3v) is 2.72. The maximum atomic E-state index is 12.0. The monoisotopic (exact) mass is 303 g/mol. The van der Waals surface area contributed by atoms with Crippen molar-refractivity contribution in [3.05, 3.63) is 29.8 Å². The highest BCUT2D eigenvalue weighted by molar-refractivity contribution is 5.78. The fourth-order valence-electron chi connectivity index (χ4n) is 1.81. The first-order valence-corrected chi connectivity index (χ1v) is 6.48. The first-order valence-electron chi connectivity index (χ1n) is 6.48. The highest BCUT2D eigenvalue weighted by atomic mass is 19.3. The lowest BCUT2D eigenvalue weighted by Crippen LogP contribution is -2.39. The maximum Gasteiger partial charge on any atom is 0.387 e. The van der Waals surface area contributed by atoms with Gasteiger partial charge in [-0.25, -0.2) is 0 Å². The number of ether oxygens (including phenoxy) is 2. The summed E-state index contributed by atoms with van der Waals surface area (Å²) in [7, 11) is 1.51. The van der Waals surface area contributed by atoms with Crippen LogP contribution in [0.5, 0.6) is 5.75 Å². The minimum atomic E-state index is -2.87. The van der Waals surface area contributed by atoms with Gasteiger partial charge in [-0.3, -0.25) is 4.79 Å². The van der Waals surface area contributed by atoms with Crippen molar-refractivity contribution in [3.8, 4) is 5.75 Å². The molecule has 1 amide bonds. The molecule has 0 radical (unpaired) electrons. The lowest BCUT2D eigenvalue weighted by Gasteiger charge is -2.16. The first kappa shape index (κ1) is 17.3. The van der Waals surface area contributed by atoms with E-state index < -0.39 is 6.61 Å². The molecule has 0 aliphatic heterocycles. The van der Waals surface area contributed by atoms with Crippen molar-refractivity contribution in [1.29, 1.82) is 0 Å². The standard InChI is InChI=1S/C14H19F2NO4/c1-20-9-11(6-7-18)17-13(19)8-10-2-4-12(5-3-10)21-14(15)16/h2-5,11,14,18H,6-9H2,1H3,(H,17,19). The Morgan fingerprint density at radius 3 is 2.52 bits per heavy atom. The molecule has 0 aliphatic carbocycles. The zero-order valence-corrected chi connectivity index (χ0v) is 11.7. The van der Waals surface area contributed by atoms with Crippen molar-refractivity contribution in [3.63, 3.8) is 0 Å². The Kier molecular flexibility index (Phi) is 7.63. The Hall–Kier alpha value is -1.73. The number of hydrogen-bond donors (Lipinski definition) is 2. The molecular weight excluding hydrogens is 284 g/mol. The van der Waals surface area contributed by atoms with Gasteiger partial charge in [0.2, 0.25) is 5.91 Å². The molecule has 7 heteroatoms. The molecule has 0 saturated carbocycles. The van der Waals surface area contributed by atoms with Crippen LogP contribution >= 0.6 is 0 Å². The number of amides is 1. The molecule has 1 aromatic rings. The summed E-state index contributed by atoms with van der Waals surface area (Å²) in [4.78, 5) is 11.8. The van der Waals surface area contributed by atoms with E-state index in [9.17, 15) is 13.6 Å². The van der Waals surface area contributed by atoms with Crippen LogP contribution in [0.3, 0.4) is 0 Å². The fourth-order valence-corrected chi connectivity index (χ4v) is 1.81. The second kappa shape index (κ2) is 9.25. The van der Waals surface area contributed by atoms with Crippen LogP contribution in [0, 0.1) is 0 Å². The van der Waals surface area contributed by atoms with Crippen LogP contribution < -0.4 is 10.1 Å². The van der Waals surface area contributed by atoms with E-state index in [0.717, 1.165) is 0 Å². The van der Waals surface area contributed by atoms with Crippen LogP contribution in [-0.4, -0.2) is 44.0 Å². The average molecular weight is 303 g/mol. The molecule has 0 heterocycles. The molecule has 0 saturated heterocycles. The van der Waals surface area contributed by atoms with Crippen LogP contribution in [0.15, 0.2) is 24.3 Å². The number of hydrogen-bond acceptors (Lipinski definition) is 4. The van der Waals surface area contributed by atoms with Gasteiger partial charge in [-0.05, 0) is 24.1 Å². The quantitative estimate of drug-likeness (QED) is 0.722. The summed E-state index contributed by atoms with van der Waals surface area (Å²) < 4.78 is 33.2. The van der Waals surface area contributed by atoms with Crippen molar-refractivity contribution in [1.82, 2.24) is 5.32 Å². The summed E-state index contributed by atoms with van der Waals surface area (Å²) in [6, 6.07) is 5.61. The van der Waals surface area contributed by atoms with Crippen LogP contribution in [-0.2, 0) is 16.0 Å². The number of rotatable bonds is 9. The summed E-state index contributed by atoms with van der Waals surface area (Å²) >= 11 is 0. The number of aliphatic hydroxyl groups is 1. The zero-order valence-electron chi connectivity index (χ0n) is 11.7. The Balaban J connectivity index is 2.49. The average Bonchev–Trinajstić information content (AvgIpc) is 2.41. The van der Waals surface area contributed by atoms with Gasteiger partial charge in [0, 0.05) is 13.7 Å². The molecule has 1 unspecified atom stereocenters. The molecule has 0 bridgehead atoms. The molecule has 0 aliphatic rings. The molecule has 1 rings (SSSR count). The van der Waals surface area contributed by atoms with Crippen LogP contribution in [0.2, 0.25) is 0 Å². The van der Waals surface area contributed by atoms with E-state index in [1.807, 2.05) is 0 Å². The van der Waals surface area contributed by atoms with Gasteiger partial charge in [0.15, 0.2) is 0 Å². The number of benzene rings is 1. The molecular formula is C14H19F2NO4. The van der Waals surface area contributed by atoms with Crippen molar-refractivity contribution in [2.75, 3.05) is 20.3 Å². The summed E-state index contributed by atoms with van der Waals surface area (Å²) in [6.07, 6.45) is 0.515. The highest BCUT2D eigenvalue weighted by Gasteiger charge is 2.12. The van der Waals surface area contributed by atoms with Gasteiger partial charge in [0.05, 0.1) is 19.1 Å². The predicted molar refractivity (Wildman–Crippen MR) is 72.3 cm³/mol. The SMILES string of the molecule is COCC(CCO)NC(=O)Cc1ccc(OC(F)F)cc1. The van der Waals surface area contributed by atoms with Crippen LogP contribution in [0.25, 0.3) is 0 Å². The van der Waals surface area contributed by atoms with Gasteiger partial charge in [-0.15, -0.1) is 0 Å². The highest BCUT2D eigenvalue weighted by Crippen LogP contribution is 2.15. The second-order valence-corrected chi connectivity index (χ2v) is 4.43. The van der Waals surface area contributed by atoms with Crippen molar-refractivity contribution >= 4 is 5.91 Å². The smallest absolute Gasteiger partial charge is 0.387 e. The van der Waals surface area contributed by atoms with E-state index in [2.05, 4.69) is 10.1 Å². The van der Waals surface area contributed by atoms with E-state index in [4.69, 9.17) is 9.84 Å². The summed E-state index contributed by atoms with van der Waals surface area (Å²) in [5.41, 5.74) is 0.675. The fraction of sp³-hybridized carbons (Fsp3) is 0.500. The third kappa shape index (κ3) is 7.01. The number of nitrogens with one attached hydrogen (secondary N) is 1. The van der Waals surface area contributed by atoms with Crippen molar-refractivity contribution in [2.45, 2.75) is 25.5 Å². The number of carbonyl (C=O) groups excluding carboxylic acids is 1. The maximum absolute atomic E-state index is 12.0. The van der Waals surface area contributed by atoms with Gasteiger partial charge >= 0.3 is 6.61 Å².